The van der Waals surface area contributed by atoms with Gasteiger partial charge in [-0.25, -0.2) is 4.79 Å². The molecular weight excluding hydrogens is 294 g/mol. The van der Waals surface area contributed by atoms with Crippen LogP contribution in [0.1, 0.15) is 32.2 Å². The number of aryl methyl sites for hydroxylation is 1. The standard InChI is InChI=1S/C13H19N3O6/c1-8-12(16(19)20)9(2)15(14-8)6-10(17)21-7-11(18)22-13(3,4)5/h6-7H2,1-5H3. The van der Waals surface area contributed by atoms with Gasteiger partial charge in [-0.15, -0.1) is 0 Å². The number of nitro groups is 1. The molecule has 0 spiro atoms. The van der Waals surface area contributed by atoms with E-state index in [1.807, 2.05) is 0 Å². The second kappa shape index (κ2) is 6.54. The number of hydrogen-bond donors (Lipinski definition) is 0. The van der Waals surface area contributed by atoms with Crippen molar-refractivity contribution in [1.82, 2.24) is 9.78 Å². The van der Waals surface area contributed by atoms with Crippen molar-refractivity contribution in [2.75, 3.05) is 6.61 Å². The summed E-state index contributed by atoms with van der Waals surface area (Å²) in [7, 11) is 0. The first-order valence-corrected chi connectivity index (χ1v) is 6.57. The van der Waals surface area contributed by atoms with E-state index in [1.165, 1.54) is 18.5 Å². The Balaban J connectivity index is 2.62. The molecule has 0 saturated heterocycles. The fourth-order valence-corrected chi connectivity index (χ4v) is 1.78. The number of hydrogen-bond acceptors (Lipinski definition) is 7. The summed E-state index contributed by atoms with van der Waals surface area (Å²) < 4.78 is 10.9. The molecule has 0 fully saturated rings. The van der Waals surface area contributed by atoms with E-state index in [1.54, 1.807) is 20.8 Å². The van der Waals surface area contributed by atoms with Gasteiger partial charge in [-0.3, -0.25) is 19.6 Å². The molecule has 1 aromatic heterocycles. The van der Waals surface area contributed by atoms with Gasteiger partial charge in [0.2, 0.25) is 0 Å². The lowest BCUT2D eigenvalue weighted by Gasteiger charge is -2.19. The SMILES string of the molecule is Cc1nn(CC(=O)OCC(=O)OC(C)(C)C)c(C)c1[N+](=O)[O-]. The first-order chi connectivity index (χ1) is 10.0. The molecule has 0 aliphatic rings. The molecule has 0 unspecified atom stereocenters. The van der Waals surface area contributed by atoms with Gasteiger partial charge in [-0.1, -0.05) is 0 Å². The van der Waals surface area contributed by atoms with E-state index < -0.39 is 29.1 Å². The molecule has 1 heterocycles. The highest BCUT2D eigenvalue weighted by Gasteiger charge is 2.23. The van der Waals surface area contributed by atoms with Crippen molar-refractivity contribution in [3.63, 3.8) is 0 Å². The van der Waals surface area contributed by atoms with Crippen LogP contribution < -0.4 is 0 Å². The maximum atomic E-state index is 11.7. The van der Waals surface area contributed by atoms with Crippen LogP contribution in [-0.4, -0.2) is 38.9 Å². The summed E-state index contributed by atoms with van der Waals surface area (Å²) in [5, 5.41) is 14.8. The van der Waals surface area contributed by atoms with Gasteiger partial charge in [-0.2, -0.15) is 5.10 Å². The zero-order chi connectivity index (χ0) is 17.1. The van der Waals surface area contributed by atoms with Gasteiger partial charge >= 0.3 is 17.6 Å². The molecule has 0 bridgehead atoms. The van der Waals surface area contributed by atoms with E-state index in [9.17, 15) is 19.7 Å². The largest absolute Gasteiger partial charge is 0.457 e. The lowest BCUT2D eigenvalue weighted by Crippen LogP contribution is -2.28. The van der Waals surface area contributed by atoms with Crippen molar-refractivity contribution in [2.45, 2.75) is 46.8 Å². The Bertz CT molecular complexity index is 600. The molecular formula is C13H19N3O6. The summed E-state index contributed by atoms with van der Waals surface area (Å²) in [5.74, 6) is -1.40. The van der Waals surface area contributed by atoms with Gasteiger partial charge in [0.05, 0.1) is 4.92 Å². The van der Waals surface area contributed by atoms with Crippen molar-refractivity contribution in [3.05, 3.63) is 21.5 Å². The van der Waals surface area contributed by atoms with Gasteiger partial charge in [0, 0.05) is 0 Å². The Labute approximate surface area is 127 Å². The molecule has 22 heavy (non-hydrogen) atoms. The van der Waals surface area contributed by atoms with Gasteiger partial charge < -0.3 is 9.47 Å². The molecule has 122 valence electrons. The molecule has 1 rings (SSSR count). The van der Waals surface area contributed by atoms with Crippen LogP contribution in [0.2, 0.25) is 0 Å². The van der Waals surface area contributed by atoms with E-state index in [0.29, 0.717) is 0 Å². The van der Waals surface area contributed by atoms with Crippen LogP contribution in [0.25, 0.3) is 0 Å². The predicted octanol–water partition coefficient (Wildman–Crippen LogP) is 1.29. The van der Waals surface area contributed by atoms with Gasteiger partial charge in [0.15, 0.2) is 6.61 Å². The molecule has 0 saturated carbocycles. The van der Waals surface area contributed by atoms with Crippen molar-refractivity contribution in [2.24, 2.45) is 0 Å². The Morgan fingerprint density at radius 3 is 2.32 bits per heavy atom. The average molecular weight is 313 g/mol. The van der Waals surface area contributed by atoms with Gasteiger partial charge in [-0.05, 0) is 34.6 Å². The number of aromatic nitrogens is 2. The monoisotopic (exact) mass is 313 g/mol. The van der Waals surface area contributed by atoms with Crippen LogP contribution in [0.3, 0.4) is 0 Å². The summed E-state index contributed by atoms with van der Waals surface area (Å²) in [4.78, 5) is 33.4. The van der Waals surface area contributed by atoms with Crippen LogP contribution in [-0.2, 0) is 25.6 Å². The van der Waals surface area contributed by atoms with Crippen molar-refractivity contribution in [1.29, 1.82) is 0 Å². The van der Waals surface area contributed by atoms with E-state index in [4.69, 9.17) is 9.47 Å². The molecule has 1 aromatic rings. The highest BCUT2D eigenvalue weighted by Crippen LogP contribution is 2.21. The minimum atomic E-state index is -0.730. The van der Waals surface area contributed by atoms with Crippen LogP contribution in [0.5, 0.6) is 0 Å². The second-order valence-corrected chi connectivity index (χ2v) is 5.68. The molecule has 0 N–H and O–H groups in total. The number of esters is 2. The van der Waals surface area contributed by atoms with Crippen LogP contribution >= 0.6 is 0 Å². The minimum Gasteiger partial charge on any atom is -0.457 e. The zero-order valence-corrected chi connectivity index (χ0v) is 13.2. The molecule has 0 aliphatic carbocycles. The zero-order valence-electron chi connectivity index (χ0n) is 13.2. The molecule has 0 amide bonds. The summed E-state index contributed by atoms with van der Waals surface area (Å²) >= 11 is 0. The maximum absolute atomic E-state index is 11.7. The third-order valence-corrected chi connectivity index (χ3v) is 2.58. The summed E-state index contributed by atoms with van der Waals surface area (Å²) in [6.45, 7) is 7.22. The molecule has 0 aromatic carbocycles. The average Bonchev–Trinajstić information content (AvgIpc) is 2.59. The summed E-state index contributed by atoms with van der Waals surface area (Å²) in [6, 6.07) is 0. The third kappa shape index (κ3) is 4.83. The highest BCUT2D eigenvalue weighted by molar-refractivity contribution is 5.76. The van der Waals surface area contributed by atoms with Crippen molar-refractivity contribution in [3.8, 4) is 0 Å². The smallest absolute Gasteiger partial charge is 0.344 e. The van der Waals surface area contributed by atoms with Crippen LogP contribution in [0.15, 0.2) is 0 Å². The maximum Gasteiger partial charge on any atom is 0.344 e. The molecule has 9 nitrogen and oxygen atoms in total. The summed E-state index contributed by atoms with van der Waals surface area (Å²) in [6.07, 6.45) is 0. The van der Waals surface area contributed by atoms with E-state index in [0.717, 1.165) is 0 Å². The molecule has 9 heteroatoms. The fraction of sp³-hybridized carbons (Fsp3) is 0.615. The van der Waals surface area contributed by atoms with Gasteiger partial charge in [0.1, 0.15) is 23.5 Å². The lowest BCUT2D eigenvalue weighted by atomic mass is 10.2. The Morgan fingerprint density at radius 2 is 1.86 bits per heavy atom. The van der Waals surface area contributed by atoms with E-state index >= 15 is 0 Å². The molecule has 0 aliphatic heterocycles. The molecule has 0 atom stereocenters. The quantitative estimate of drug-likeness (QED) is 0.457. The highest BCUT2D eigenvalue weighted by atomic mass is 16.6. The number of carbonyl (C=O) groups is 2. The fourth-order valence-electron chi connectivity index (χ4n) is 1.78. The second-order valence-electron chi connectivity index (χ2n) is 5.68. The summed E-state index contributed by atoms with van der Waals surface area (Å²) in [5.41, 5.74) is -0.348. The van der Waals surface area contributed by atoms with E-state index in [2.05, 4.69) is 5.10 Å². The van der Waals surface area contributed by atoms with Crippen LogP contribution in [0, 0.1) is 24.0 Å². The topological polar surface area (TPSA) is 114 Å². The van der Waals surface area contributed by atoms with Crippen molar-refractivity contribution < 1.29 is 24.0 Å². The van der Waals surface area contributed by atoms with Crippen LogP contribution in [0.4, 0.5) is 5.69 Å². The number of nitrogens with zero attached hydrogens (tertiary/aromatic N) is 3. The Morgan fingerprint density at radius 1 is 1.27 bits per heavy atom. The van der Waals surface area contributed by atoms with E-state index in [-0.39, 0.29) is 23.6 Å². The number of rotatable bonds is 5. The lowest BCUT2D eigenvalue weighted by molar-refractivity contribution is -0.386. The minimum absolute atomic E-state index is 0.139. The van der Waals surface area contributed by atoms with Gasteiger partial charge in [0.25, 0.3) is 0 Å². The first kappa shape index (κ1) is 17.6. The number of ether oxygens (including phenoxy) is 2. The third-order valence-electron chi connectivity index (χ3n) is 2.58. The Kier molecular flexibility index (Phi) is 5.23. The normalized spacial score (nSPS) is 11.1. The first-order valence-electron chi connectivity index (χ1n) is 6.57. The van der Waals surface area contributed by atoms with Crippen molar-refractivity contribution >= 4 is 17.6 Å². The Hall–Kier alpha value is -2.45. The predicted molar refractivity (Wildman–Crippen MR) is 75.2 cm³/mol. The molecule has 0 radical (unpaired) electrons. The number of carbonyl (C=O) groups excluding carboxylic acids is 2.